The van der Waals surface area contributed by atoms with Crippen LogP contribution in [0.4, 0.5) is 11.4 Å². The van der Waals surface area contributed by atoms with E-state index in [1.807, 2.05) is 0 Å². The number of esters is 1. The Morgan fingerprint density at radius 3 is 2.23 bits per heavy atom. The lowest BCUT2D eigenvalue weighted by Gasteiger charge is -2.16. The molecule has 2 amide bonds. The largest absolute Gasteiger partial charge is 0.481 e. The van der Waals surface area contributed by atoms with Gasteiger partial charge in [-0.1, -0.05) is 52.5 Å². The number of anilines is 2. The topological polar surface area (TPSA) is 171 Å². The average Bonchev–Trinajstić information content (AvgIpc) is 3.68. The van der Waals surface area contributed by atoms with Gasteiger partial charge in [-0.2, -0.15) is 22.9 Å². The van der Waals surface area contributed by atoms with Crippen molar-refractivity contribution in [3.63, 3.8) is 0 Å². The van der Waals surface area contributed by atoms with Gasteiger partial charge in [-0.05, 0) is 81.0 Å². The Bertz CT molecular complexity index is 2250. The predicted octanol–water partition coefficient (Wildman–Crippen LogP) is 6.78. The molecule has 0 unspecified atom stereocenters. The Labute approximate surface area is 318 Å². The third kappa shape index (κ3) is 7.98. The smallest absolute Gasteiger partial charge is 0.349 e. The first kappa shape index (κ1) is 38.8. The van der Waals surface area contributed by atoms with E-state index in [2.05, 4.69) is 19.8 Å². The van der Waals surface area contributed by atoms with Crippen molar-refractivity contribution in [2.24, 2.45) is 0 Å². The number of aromatic nitrogens is 4. The third-order valence-electron chi connectivity index (χ3n) is 7.80. The van der Waals surface area contributed by atoms with Crippen molar-refractivity contribution in [1.29, 1.82) is 0 Å². The maximum atomic E-state index is 12.7. The first-order chi connectivity index (χ1) is 24.7. The van der Waals surface area contributed by atoms with Crippen LogP contribution in [-0.4, -0.2) is 66.6 Å². The summed E-state index contributed by atoms with van der Waals surface area (Å²) in [7, 11) is -1.37. The number of hydrogen-bond acceptors (Lipinski definition) is 11. The zero-order valence-electron chi connectivity index (χ0n) is 28.0. The van der Waals surface area contributed by atoms with Gasteiger partial charge in [-0.25, -0.2) is 9.69 Å². The molecule has 274 valence electrons. The number of carbonyl (C=O) groups excluding carboxylic acids is 3. The van der Waals surface area contributed by atoms with Gasteiger partial charge >= 0.3 is 5.97 Å². The van der Waals surface area contributed by atoms with E-state index in [0.717, 1.165) is 17.4 Å². The van der Waals surface area contributed by atoms with Crippen molar-refractivity contribution in [2.45, 2.75) is 44.7 Å². The molecule has 2 aromatic carbocycles. The average molecular weight is 813 g/mol. The summed E-state index contributed by atoms with van der Waals surface area (Å²) in [6.45, 7) is 3.60. The van der Waals surface area contributed by atoms with E-state index in [1.54, 1.807) is 38.1 Å². The molecule has 2 aliphatic rings. The molecule has 0 spiro atoms. The van der Waals surface area contributed by atoms with Gasteiger partial charge in [0.1, 0.15) is 5.03 Å². The number of sulfonamides is 1. The fourth-order valence-electron chi connectivity index (χ4n) is 5.25. The molecule has 52 heavy (non-hydrogen) atoms. The lowest BCUT2D eigenvalue weighted by molar-refractivity contribution is -0.137. The second-order valence-electron chi connectivity index (χ2n) is 11.1. The van der Waals surface area contributed by atoms with E-state index >= 15 is 0 Å². The SMILES string of the molecule is CCOC(=O)/C(Cl)=C/c1cc(N2C(=O)C3=C(CCCC3)C2=O)ccc1Cl.COc1cc(OC)n2nc(S(=O)(=O)Nc3c(Cl)ccc(C)c3Cl)nc2n1. The molecule has 6 rings (SSSR count). The highest BCUT2D eigenvalue weighted by Gasteiger charge is 2.39. The maximum absolute atomic E-state index is 12.7. The van der Waals surface area contributed by atoms with Crippen LogP contribution >= 0.6 is 46.4 Å². The van der Waals surface area contributed by atoms with Gasteiger partial charge < -0.3 is 14.2 Å². The highest BCUT2D eigenvalue weighted by Crippen LogP contribution is 2.37. The molecule has 2 aromatic heterocycles. The number of ether oxygens (including phenoxy) is 3. The first-order valence-corrected chi connectivity index (χ1v) is 18.5. The first-order valence-electron chi connectivity index (χ1n) is 15.5. The molecule has 0 radical (unpaired) electrons. The van der Waals surface area contributed by atoms with Crippen LogP contribution in [0.1, 0.15) is 43.7 Å². The van der Waals surface area contributed by atoms with Crippen molar-refractivity contribution in [3.8, 4) is 11.8 Å². The number of hydrogen-bond donors (Lipinski definition) is 1. The number of amides is 2. The van der Waals surface area contributed by atoms with E-state index in [-0.39, 0.29) is 56.7 Å². The minimum atomic E-state index is -4.18. The third-order valence-corrected chi connectivity index (χ3v) is 10.3. The number of rotatable bonds is 9. The Balaban J connectivity index is 0.000000201. The predicted molar refractivity (Wildman–Crippen MR) is 196 cm³/mol. The molecule has 3 heterocycles. The molecule has 1 aliphatic carbocycles. The molecule has 19 heteroatoms. The molecule has 4 aromatic rings. The summed E-state index contributed by atoms with van der Waals surface area (Å²) in [6.07, 6.45) is 4.45. The number of methoxy groups -OCH3 is 2. The summed E-state index contributed by atoms with van der Waals surface area (Å²) in [6, 6.07) is 9.39. The van der Waals surface area contributed by atoms with Crippen LogP contribution in [-0.2, 0) is 29.1 Å². The van der Waals surface area contributed by atoms with E-state index < -0.39 is 21.1 Å². The molecule has 14 nitrogen and oxygen atoms in total. The van der Waals surface area contributed by atoms with Crippen LogP contribution in [0.25, 0.3) is 11.9 Å². The summed E-state index contributed by atoms with van der Waals surface area (Å²) in [5.41, 5.74) is 2.75. The Morgan fingerprint density at radius 1 is 0.962 bits per heavy atom. The van der Waals surface area contributed by atoms with Crippen LogP contribution in [0, 0.1) is 6.92 Å². The van der Waals surface area contributed by atoms with Crippen LogP contribution < -0.4 is 19.1 Å². The summed E-state index contributed by atoms with van der Waals surface area (Å²) in [5.74, 6) is -0.836. The van der Waals surface area contributed by atoms with Crippen LogP contribution in [0.3, 0.4) is 0 Å². The highest BCUT2D eigenvalue weighted by molar-refractivity contribution is 7.92. The molecule has 1 N–H and O–H groups in total. The van der Waals surface area contributed by atoms with Gasteiger partial charge in [0, 0.05) is 16.2 Å². The number of benzene rings is 2. The Kier molecular flexibility index (Phi) is 12.0. The Morgan fingerprint density at radius 2 is 1.62 bits per heavy atom. The molecule has 0 saturated carbocycles. The van der Waals surface area contributed by atoms with Crippen LogP contribution in [0.5, 0.6) is 11.8 Å². The summed E-state index contributed by atoms with van der Waals surface area (Å²) >= 11 is 24.3. The monoisotopic (exact) mass is 810 g/mol. The van der Waals surface area contributed by atoms with E-state index in [1.165, 1.54) is 37.3 Å². The molecule has 0 bridgehead atoms. The zero-order chi connectivity index (χ0) is 37.9. The number of halogens is 4. The molecule has 0 saturated heterocycles. The van der Waals surface area contributed by atoms with Gasteiger partial charge in [-0.15, -0.1) is 5.10 Å². The summed E-state index contributed by atoms with van der Waals surface area (Å²) in [5, 5.41) is 3.94. The van der Waals surface area contributed by atoms with Crippen LogP contribution in [0.15, 0.2) is 57.7 Å². The minimum absolute atomic E-state index is 0.0111. The fraction of sp³-hybridized carbons (Fsp3) is 0.273. The standard InChI is InChI=1S/C19H17Cl2NO4.C14H13Cl2N5O4S/c1-2-26-19(25)16(21)10-11-9-12(7-8-15(11)20)22-17(23)13-5-3-4-6-14(13)18(22)24;1-7-4-5-8(15)12(11(7)16)20-26(22,23)14-18-13-17-9(24-2)6-10(25-3)21(13)19-14/h7-10H,2-6H2,1H3;4-6,20H,1-3H3/b16-10-;. The molecule has 0 fully saturated rings. The summed E-state index contributed by atoms with van der Waals surface area (Å²) in [4.78, 5) is 46.1. The normalized spacial score (nSPS) is 14.6. The number of aryl methyl sites for hydroxylation is 1. The van der Waals surface area contributed by atoms with E-state index in [4.69, 9.17) is 60.6 Å². The number of nitrogens with zero attached hydrogens (tertiary/aromatic N) is 5. The quantitative estimate of drug-likeness (QED) is 0.107. The van der Waals surface area contributed by atoms with Crippen LogP contribution in [0.2, 0.25) is 15.1 Å². The number of nitrogens with one attached hydrogen (secondary N) is 1. The molecular weight excluding hydrogens is 782 g/mol. The van der Waals surface area contributed by atoms with Gasteiger partial charge in [-0.3, -0.25) is 14.3 Å². The summed E-state index contributed by atoms with van der Waals surface area (Å²) < 4.78 is 43.8. The van der Waals surface area contributed by atoms with Crippen molar-refractivity contribution in [2.75, 3.05) is 30.4 Å². The van der Waals surface area contributed by atoms with Crippen molar-refractivity contribution in [3.05, 3.63) is 78.8 Å². The number of imide groups is 1. The number of fused-ring (bicyclic) bond motifs is 1. The molecule has 1 aliphatic heterocycles. The van der Waals surface area contributed by atoms with Gasteiger partial charge in [0.2, 0.25) is 11.8 Å². The zero-order valence-corrected chi connectivity index (χ0v) is 31.8. The number of carbonyl (C=O) groups is 3. The maximum Gasteiger partial charge on any atom is 0.349 e. The Hall–Kier alpha value is -4.41. The minimum Gasteiger partial charge on any atom is -0.481 e. The lowest BCUT2D eigenvalue weighted by atomic mass is 9.93. The van der Waals surface area contributed by atoms with Crippen molar-refractivity contribution >= 4 is 97.4 Å². The van der Waals surface area contributed by atoms with Gasteiger partial charge in [0.05, 0.1) is 48.3 Å². The van der Waals surface area contributed by atoms with Crippen molar-refractivity contribution in [1.82, 2.24) is 19.6 Å². The van der Waals surface area contributed by atoms with Crippen molar-refractivity contribution < 1.29 is 37.0 Å². The van der Waals surface area contributed by atoms with E-state index in [0.29, 0.717) is 45.8 Å². The molecular formula is C33H30Cl4N6O8S. The second kappa shape index (κ2) is 16.1. The molecule has 0 atom stereocenters. The highest BCUT2D eigenvalue weighted by atomic mass is 35.5. The fourth-order valence-corrected chi connectivity index (χ4v) is 7.13. The lowest BCUT2D eigenvalue weighted by Crippen LogP contribution is -2.31. The van der Waals surface area contributed by atoms with E-state index in [9.17, 15) is 22.8 Å². The van der Waals surface area contributed by atoms with Gasteiger partial charge in [0.15, 0.2) is 0 Å². The van der Waals surface area contributed by atoms with Gasteiger partial charge in [0.25, 0.3) is 32.8 Å². The second-order valence-corrected chi connectivity index (χ2v) is 14.3.